The summed E-state index contributed by atoms with van der Waals surface area (Å²) < 4.78 is 10.8. The molecule has 0 radical (unpaired) electrons. The van der Waals surface area contributed by atoms with Gasteiger partial charge in [0, 0.05) is 44.1 Å². The Balaban J connectivity index is 0.000000226. The predicted octanol–water partition coefficient (Wildman–Crippen LogP) is 34.0. The first-order valence-corrected chi connectivity index (χ1v) is 57.3. The minimum absolute atomic E-state index is 0. The van der Waals surface area contributed by atoms with E-state index >= 15 is 0 Å². The fraction of sp³-hybridized carbons (Fsp3) is 0.537. The van der Waals surface area contributed by atoms with Gasteiger partial charge in [0.15, 0.2) is 0 Å². The molecular weight excluding hydrogens is 1550 g/mol. The van der Waals surface area contributed by atoms with Gasteiger partial charge < -0.3 is 0 Å². The molecule has 0 unspecified atom stereocenters. The normalized spacial score (nSPS) is 11.6. The molecule has 12 rings (SSSR count). The second-order valence-electron chi connectivity index (χ2n) is 29.8. The Morgan fingerprint density at radius 3 is 0.991 bits per heavy atom. The van der Waals surface area contributed by atoms with E-state index in [-0.39, 0.29) is 33.8 Å². The molecule has 11 aromatic rings. The first-order valence-electron chi connectivity index (χ1n) is 40.4. The maximum atomic E-state index is 11.8. The molecule has 0 N–H and O–H groups in total. The first-order chi connectivity index (χ1) is 50.4. The quantitative estimate of drug-likeness (QED) is 0.0221. The Kier molecular flexibility index (Phi) is 41.8. The molecule has 11 heteroatoms. The molecule has 1 aliphatic rings. The second-order valence-corrected chi connectivity index (χ2v) is 53.0. The molecule has 0 fully saturated rings. The SMILES string of the molecule is C.C.C.CCCCCCC#Cc1c2ccsc2c(C#CCCCCCC)c2ccsc12.CCCCCCCCc1c2c[c]([Sn]([CH3])([CH3])[CH3])sc2c(CCCCCCCC)c2cc(C)sc12.CCCCCCCCc1c2ccsc2c(CCCCCCCC)c2ccsc12.O=C1c2ccsc2C(=O)c2ccsc21. The van der Waals surface area contributed by atoms with Gasteiger partial charge in [-0.25, -0.2) is 0 Å². The summed E-state index contributed by atoms with van der Waals surface area (Å²) in [5.74, 6) is 13.9. The van der Waals surface area contributed by atoms with Crippen LogP contribution in [0.4, 0.5) is 0 Å². The summed E-state index contributed by atoms with van der Waals surface area (Å²) >= 11 is 12.4. The average Bonchev–Trinajstić information content (AvgIpc) is 1.60. The number of aryl methyl sites for hydroxylation is 5. The van der Waals surface area contributed by atoms with Gasteiger partial charge >= 0.3 is 218 Å². The summed E-state index contributed by atoms with van der Waals surface area (Å²) in [4.78, 5) is 34.1. The molecule has 3 aromatic carbocycles. The van der Waals surface area contributed by atoms with Crippen LogP contribution in [0.3, 0.4) is 0 Å². The van der Waals surface area contributed by atoms with E-state index in [0.29, 0.717) is 20.9 Å². The van der Waals surface area contributed by atoms with E-state index in [1.165, 1.54) is 290 Å². The molecule has 0 atom stereocenters. The van der Waals surface area contributed by atoms with Crippen LogP contribution in [0.15, 0.2) is 80.8 Å². The summed E-state index contributed by atoms with van der Waals surface area (Å²) in [7, 11) is 0. The third-order valence-electron chi connectivity index (χ3n) is 20.5. The Morgan fingerprint density at radius 2 is 0.623 bits per heavy atom. The standard InChI is InChI=1S/C27H39S2.C26H38S2.C26H30S2.C10H4O2S2.3CH4.3CH3.Sn/c1-4-6-8-10-12-14-16-22-24-18-19-28-26(24)23(17-15-13-11-9-7-5-2)25-20-21(3)29-27(22)25;2*1-3-5-7-9-11-13-15-21-23-17-19-28-26(23)22(24-18-20-27-25(21)24)16-14-12-10-8-6-4-2;11-7-5-1-3-13-9(5)8(12)6-2-4-14-10(6)7;;;;;;;/h18,20H,4-17H2,1-3H3;17-20H,3-16H2,1-2H3;17-20H,3-12H2,1-2H3;1-4H;3*1H4;3*1H3;. The van der Waals surface area contributed by atoms with E-state index < -0.39 is 18.4 Å². The van der Waals surface area contributed by atoms with Crippen LogP contribution in [0.2, 0.25) is 14.8 Å². The predicted molar refractivity (Wildman–Crippen MR) is 495 cm³/mol. The van der Waals surface area contributed by atoms with E-state index in [1.807, 2.05) is 22.7 Å². The molecule has 1 aliphatic carbocycles. The smallest absolute Gasteiger partial charge is 0.205 e. The number of hydrogen-bond donors (Lipinski definition) is 0. The van der Waals surface area contributed by atoms with Crippen LogP contribution in [0, 0.1) is 30.6 Å². The fourth-order valence-corrected chi connectivity index (χ4v) is 27.7. The molecule has 0 aliphatic heterocycles. The minimum atomic E-state index is -2.10. The summed E-state index contributed by atoms with van der Waals surface area (Å²) in [5, 5.41) is 21.6. The number of ketones is 2. The van der Waals surface area contributed by atoms with Gasteiger partial charge in [-0.3, -0.25) is 9.59 Å². The minimum Gasteiger partial charge on any atom is -0.288 e. The summed E-state index contributed by atoms with van der Waals surface area (Å²) in [6.07, 6.45) is 50.4. The summed E-state index contributed by atoms with van der Waals surface area (Å²) in [5.41, 5.74) is 10.2. The van der Waals surface area contributed by atoms with Crippen LogP contribution < -0.4 is 2.89 Å². The average molecular weight is 1680 g/mol. The van der Waals surface area contributed by atoms with Gasteiger partial charge in [0.2, 0.25) is 11.6 Å². The van der Waals surface area contributed by atoms with Crippen molar-refractivity contribution in [1.82, 2.24) is 0 Å². The van der Waals surface area contributed by atoms with E-state index in [9.17, 15) is 9.59 Å². The van der Waals surface area contributed by atoms with Gasteiger partial charge in [0.05, 0.1) is 30.3 Å². The summed E-state index contributed by atoms with van der Waals surface area (Å²) in [6, 6.07) is 17.9. The molecule has 0 amide bonds. The van der Waals surface area contributed by atoms with Gasteiger partial charge in [-0.2, -0.15) is 0 Å². The van der Waals surface area contributed by atoms with E-state index in [0.717, 1.165) is 12.8 Å². The van der Waals surface area contributed by atoms with Crippen LogP contribution in [-0.4, -0.2) is 29.9 Å². The zero-order chi connectivity index (χ0) is 72.8. The molecule has 8 aromatic heterocycles. The van der Waals surface area contributed by atoms with Crippen molar-refractivity contribution in [3.63, 3.8) is 0 Å². The van der Waals surface area contributed by atoms with Gasteiger partial charge in [-0.1, -0.05) is 176 Å². The Hall–Kier alpha value is -3.92. The van der Waals surface area contributed by atoms with Crippen LogP contribution in [0.5, 0.6) is 0 Å². The molecule has 8 heterocycles. The zero-order valence-electron chi connectivity index (χ0n) is 64.5. The molecule has 0 spiro atoms. The van der Waals surface area contributed by atoms with Crippen molar-refractivity contribution in [1.29, 1.82) is 0 Å². The Labute approximate surface area is 680 Å². The third kappa shape index (κ3) is 25.0. The number of carbonyl (C=O) groups excluding carboxylic acids is 2. The number of fused-ring (bicyclic) bond motifs is 8. The van der Waals surface area contributed by atoms with Crippen LogP contribution in [0.25, 0.3) is 60.5 Å². The molecule has 0 saturated heterocycles. The van der Waals surface area contributed by atoms with Crippen molar-refractivity contribution in [3.8, 4) is 23.7 Å². The van der Waals surface area contributed by atoms with Gasteiger partial charge in [-0.15, -0.1) is 68.0 Å². The molecule has 576 valence electrons. The van der Waals surface area contributed by atoms with Crippen molar-refractivity contribution in [3.05, 3.63) is 140 Å². The second kappa shape index (κ2) is 48.8. The molecule has 2 nitrogen and oxygen atoms in total. The number of rotatable bonds is 37. The maximum absolute atomic E-state index is 11.8. The first kappa shape index (κ1) is 91.0. The monoisotopic (exact) mass is 1680 g/mol. The molecular formula is C95H132O2S8Sn. The number of benzene rings is 3. The third-order valence-corrected chi connectivity index (χ3v) is 37.8. The topological polar surface area (TPSA) is 34.1 Å². The van der Waals surface area contributed by atoms with E-state index in [2.05, 4.69) is 168 Å². The van der Waals surface area contributed by atoms with E-state index in [1.54, 1.807) is 111 Å². The van der Waals surface area contributed by atoms with Crippen molar-refractivity contribution in [2.24, 2.45) is 0 Å². The summed E-state index contributed by atoms with van der Waals surface area (Å²) in [6.45, 7) is 16.0. The number of hydrogen-bond acceptors (Lipinski definition) is 10. The van der Waals surface area contributed by atoms with E-state index in [4.69, 9.17) is 0 Å². The Morgan fingerprint density at radius 1 is 0.321 bits per heavy atom. The number of unbranched alkanes of at least 4 members (excludes halogenated alkanes) is 28. The van der Waals surface area contributed by atoms with Crippen LogP contribution in [0.1, 0.15) is 351 Å². The molecule has 0 saturated carbocycles. The zero-order valence-corrected chi connectivity index (χ0v) is 73.9. The van der Waals surface area contributed by atoms with Gasteiger partial charge in [-0.05, 0) is 129 Å². The molecule has 106 heavy (non-hydrogen) atoms. The fourth-order valence-electron chi connectivity index (χ4n) is 14.6. The van der Waals surface area contributed by atoms with Gasteiger partial charge in [0.1, 0.15) is 0 Å². The molecule has 0 bridgehead atoms. The van der Waals surface area contributed by atoms with Crippen LogP contribution in [-0.2, 0) is 25.7 Å². The largest absolute Gasteiger partial charge is 0.288 e. The number of thiophene rings is 8. The van der Waals surface area contributed by atoms with Crippen molar-refractivity contribution in [2.45, 2.75) is 330 Å². The maximum Gasteiger partial charge on any atom is 0.205 e. The van der Waals surface area contributed by atoms with Crippen LogP contribution >= 0.6 is 90.7 Å². The Bertz CT molecular complexity index is 4120. The van der Waals surface area contributed by atoms with Crippen molar-refractivity contribution >= 4 is 184 Å². The van der Waals surface area contributed by atoms with Crippen molar-refractivity contribution in [2.75, 3.05) is 0 Å². The number of carbonyl (C=O) groups is 2. The van der Waals surface area contributed by atoms with Gasteiger partial charge in [0.25, 0.3) is 0 Å². The van der Waals surface area contributed by atoms with Crippen molar-refractivity contribution < 1.29 is 9.59 Å².